The molecule has 1 aromatic carbocycles. The van der Waals surface area contributed by atoms with Crippen molar-refractivity contribution in [1.29, 1.82) is 0 Å². The third-order valence-corrected chi connectivity index (χ3v) is 2.97. The van der Waals surface area contributed by atoms with Gasteiger partial charge < -0.3 is 10.1 Å². The van der Waals surface area contributed by atoms with E-state index in [9.17, 15) is 4.79 Å². The van der Waals surface area contributed by atoms with E-state index in [0.29, 0.717) is 11.5 Å². The Balaban J connectivity index is 2.32. The van der Waals surface area contributed by atoms with E-state index in [1.807, 2.05) is 45.0 Å². The van der Waals surface area contributed by atoms with Crippen molar-refractivity contribution in [3.8, 4) is 17.0 Å². The minimum Gasteiger partial charge on any atom is -0.496 e. The summed E-state index contributed by atoms with van der Waals surface area (Å²) in [6, 6.07) is 9.32. The van der Waals surface area contributed by atoms with Crippen molar-refractivity contribution in [3.05, 3.63) is 36.7 Å². The van der Waals surface area contributed by atoms with Gasteiger partial charge in [0.15, 0.2) is 0 Å². The summed E-state index contributed by atoms with van der Waals surface area (Å²) < 4.78 is 5.33. The number of rotatable bonds is 3. The van der Waals surface area contributed by atoms with Crippen LogP contribution in [0, 0.1) is 5.41 Å². The summed E-state index contributed by atoms with van der Waals surface area (Å²) in [5.74, 6) is 1.11. The Hall–Kier alpha value is -2.43. The van der Waals surface area contributed by atoms with Crippen LogP contribution in [0.3, 0.4) is 0 Å². The molecule has 2 rings (SSSR count). The number of ether oxygens (including phenoxy) is 1. The molecule has 0 spiro atoms. The summed E-state index contributed by atoms with van der Waals surface area (Å²) in [5, 5.41) is 2.80. The molecule has 5 heteroatoms. The molecule has 0 radical (unpaired) electrons. The lowest BCUT2D eigenvalue weighted by Crippen LogP contribution is -2.28. The van der Waals surface area contributed by atoms with Crippen LogP contribution in [0.1, 0.15) is 20.8 Å². The number of nitrogens with zero attached hydrogens (tertiary/aromatic N) is 2. The first kappa shape index (κ1) is 15.0. The Morgan fingerprint density at radius 3 is 2.57 bits per heavy atom. The van der Waals surface area contributed by atoms with Crippen molar-refractivity contribution in [2.24, 2.45) is 5.41 Å². The van der Waals surface area contributed by atoms with Crippen LogP contribution in [-0.2, 0) is 4.79 Å². The van der Waals surface area contributed by atoms with Gasteiger partial charge in [-0.2, -0.15) is 0 Å². The molecule has 1 N–H and O–H groups in total. The van der Waals surface area contributed by atoms with Gasteiger partial charge in [-0.25, -0.2) is 9.97 Å². The number of hydrogen-bond donors (Lipinski definition) is 1. The van der Waals surface area contributed by atoms with Gasteiger partial charge in [0.1, 0.15) is 17.9 Å². The van der Waals surface area contributed by atoms with Crippen LogP contribution in [0.4, 0.5) is 5.82 Å². The normalized spacial score (nSPS) is 11.0. The maximum Gasteiger partial charge on any atom is 0.230 e. The molecule has 0 atom stereocenters. The Bertz CT molecular complexity index is 648. The zero-order valence-electron chi connectivity index (χ0n) is 12.7. The first-order valence-corrected chi connectivity index (χ1v) is 6.68. The molecular weight excluding hydrogens is 266 g/mol. The number of aromatic nitrogens is 2. The van der Waals surface area contributed by atoms with Crippen molar-refractivity contribution < 1.29 is 9.53 Å². The predicted octanol–water partition coefficient (Wildman–Crippen LogP) is 3.14. The van der Waals surface area contributed by atoms with Crippen LogP contribution in [0.2, 0.25) is 0 Å². The Kier molecular flexibility index (Phi) is 4.21. The fourth-order valence-electron chi connectivity index (χ4n) is 1.73. The summed E-state index contributed by atoms with van der Waals surface area (Å²) >= 11 is 0. The Morgan fingerprint density at radius 2 is 1.90 bits per heavy atom. The molecule has 0 unspecified atom stereocenters. The van der Waals surface area contributed by atoms with E-state index in [4.69, 9.17) is 4.74 Å². The molecule has 0 saturated heterocycles. The van der Waals surface area contributed by atoms with E-state index in [0.717, 1.165) is 11.3 Å². The number of carbonyl (C=O) groups excluding carboxylic acids is 1. The number of nitrogens with one attached hydrogen (secondary N) is 1. The standard InChI is InChI=1S/C16H19N3O2/c1-16(2,3)15(20)19-14-9-12(17-10-18-14)11-7-5-6-8-13(11)21-4/h5-10H,1-4H3,(H,17,18,19,20). The van der Waals surface area contributed by atoms with E-state index in [1.54, 1.807) is 13.2 Å². The third kappa shape index (κ3) is 3.56. The van der Waals surface area contributed by atoms with Crippen LogP contribution in [-0.4, -0.2) is 23.0 Å². The van der Waals surface area contributed by atoms with Crippen LogP contribution >= 0.6 is 0 Å². The van der Waals surface area contributed by atoms with E-state index in [2.05, 4.69) is 15.3 Å². The van der Waals surface area contributed by atoms with Crippen molar-refractivity contribution in [2.45, 2.75) is 20.8 Å². The molecule has 2 aromatic rings. The minimum absolute atomic E-state index is 0.0906. The number of amides is 1. The van der Waals surface area contributed by atoms with E-state index in [1.165, 1.54) is 6.33 Å². The monoisotopic (exact) mass is 285 g/mol. The van der Waals surface area contributed by atoms with Crippen molar-refractivity contribution in [1.82, 2.24) is 9.97 Å². The smallest absolute Gasteiger partial charge is 0.230 e. The highest BCUT2D eigenvalue weighted by molar-refractivity contribution is 5.94. The van der Waals surface area contributed by atoms with Crippen LogP contribution < -0.4 is 10.1 Å². The topological polar surface area (TPSA) is 64.1 Å². The lowest BCUT2D eigenvalue weighted by Gasteiger charge is -2.17. The van der Waals surface area contributed by atoms with Crippen LogP contribution in [0.15, 0.2) is 36.7 Å². The number of para-hydroxylation sites is 1. The molecule has 0 fully saturated rings. The highest BCUT2D eigenvalue weighted by Crippen LogP contribution is 2.29. The lowest BCUT2D eigenvalue weighted by atomic mass is 9.96. The molecule has 1 aromatic heterocycles. The zero-order valence-corrected chi connectivity index (χ0v) is 12.7. The summed E-state index contributed by atoms with van der Waals surface area (Å²) in [4.78, 5) is 20.3. The van der Waals surface area contributed by atoms with Gasteiger partial charge in [-0.1, -0.05) is 32.9 Å². The predicted molar refractivity (Wildman–Crippen MR) is 82.1 cm³/mol. The molecule has 1 amide bonds. The summed E-state index contributed by atoms with van der Waals surface area (Å²) in [6.07, 6.45) is 1.43. The second kappa shape index (κ2) is 5.91. The van der Waals surface area contributed by atoms with E-state index in [-0.39, 0.29) is 5.91 Å². The molecule has 21 heavy (non-hydrogen) atoms. The Morgan fingerprint density at radius 1 is 1.19 bits per heavy atom. The van der Waals surface area contributed by atoms with Gasteiger partial charge in [0.2, 0.25) is 5.91 Å². The highest BCUT2D eigenvalue weighted by Gasteiger charge is 2.21. The van der Waals surface area contributed by atoms with E-state index >= 15 is 0 Å². The summed E-state index contributed by atoms with van der Waals surface area (Å²) in [5.41, 5.74) is 1.08. The number of benzene rings is 1. The molecule has 0 bridgehead atoms. The highest BCUT2D eigenvalue weighted by atomic mass is 16.5. The largest absolute Gasteiger partial charge is 0.496 e. The SMILES string of the molecule is COc1ccccc1-c1cc(NC(=O)C(C)(C)C)ncn1. The average molecular weight is 285 g/mol. The third-order valence-electron chi connectivity index (χ3n) is 2.97. The van der Waals surface area contributed by atoms with Gasteiger partial charge in [-0.15, -0.1) is 0 Å². The maximum absolute atomic E-state index is 12.0. The van der Waals surface area contributed by atoms with Gasteiger partial charge >= 0.3 is 0 Å². The summed E-state index contributed by atoms with van der Waals surface area (Å²) in [7, 11) is 1.61. The zero-order chi connectivity index (χ0) is 15.5. The van der Waals surface area contributed by atoms with Crippen molar-refractivity contribution >= 4 is 11.7 Å². The number of hydrogen-bond acceptors (Lipinski definition) is 4. The molecule has 5 nitrogen and oxygen atoms in total. The second-order valence-electron chi connectivity index (χ2n) is 5.69. The van der Waals surface area contributed by atoms with Gasteiger partial charge in [-0.05, 0) is 12.1 Å². The van der Waals surface area contributed by atoms with E-state index < -0.39 is 5.41 Å². The Labute approximate surface area is 124 Å². The van der Waals surface area contributed by atoms with Gasteiger partial charge in [0.25, 0.3) is 0 Å². The van der Waals surface area contributed by atoms with Gasteiger partial charge in [0, 0.05) is 17.0 Å². The molecule has 0 aliphatic rings. The minimum atomic E-state index is -0.477. The van der Waals surface area contributed by atoms with Crippen LogP contribution in [0.5, 0.6) is 5.75 Å². The first-order valence-electron chi connectivity index (χ1n) is 6.68. The molecule has 110 valence electrons. The van der Waals surface area contributed by atoms with Crippen molar-refractivity contribution in [3.63, 3.8) is 0 Å². The van der Waals surface area contributed by atoms with Crippen molar-refractivity contribution in [2.75, 3.05) is 12.4 Å². The number of anilines is 1. The first-order chi connectivity index (χ1) is 9.91. The average Bonchev–Trinajstić information content (AvgIpc) is 2.46. The number of carbonyl (C=O) groups is 1. The molecule has 0 aliphatic heterocycles. The maximum atomic E-state index is 12.0. The van der Waals surface area contributed by atoms with Gasteiger partial charge in [-0.3, -0.25) is 4.79 Å². The lowest BCUT2D eigenvalue weighted by molar-refractivity contribution is -0.123. The molecule has 1 heterocycles. The van der Waals surface area contributed by atoms with Crippen LogP contribution in [0.25, 0.3) is 11.3 Å². The fourth-order valence-corrected chi connectivity index (χ4v) is 1.73. The molecular formula is C16H19N3O2. The van der Waals surface area contributed by atoms with Gasteiger partial charge in [0.05, 0.1) is 12.8 Å². The fraction of sp³-hybridized carbons (Fsp3) is 0.312. The quantitative estimate of drug-likeness (QED) is 0.941. The summed E-state index contributed by atoms with van der Waals surface area (Å²) in [6.45, 7) is 5.56. The molecule has 0 saturated carbocycles. The molecule has 0 aliphatic carbocycles. The second-order valence-corrected chi connectivity index (χ2v) is 5.69. The number of methoxy groups -OCH3 is 1.